The first kappa shape index (κ1) is 19.6. The zero-order chi connectivity index (χ0) is 20.7. The maximum atomic E-state index is 13.1. The van der Waals surface area contributed by atoms with Gasteiger partial charge in [-0.3, -0.25) is 9.36 Å². The number of fused-ring (bicyclic) bond motifs is 1. The monoisotopic (exact) mass is 441 g/mol. The molecule has 2 aromatic carbocycles. The van der Waals surface area contributed by atoms with E-state index in [9.17, 15) is 13.2 Å². The molecule has 2 fully saturated rings. The zero-order valence-electron chi connectivity index (χ0n) is 16.5. The fraction of sp³-hybridized carbons (Fsp3) is 0.364. The summed E-state index contributed by atoms with van der Waals surface area (Å²) in [6, 6.07) is 18.0. The number of benzene rings is 2. The first-order valence-corrected chi connectivity index (χ1v) is 13.0. The quantitative estimate of drug-likeness (QED) is 0.549. The van der Waals surface area contributed by atoms with E-state index in [1.807, 2.05) is 59.5 Å². The molecule has 0 spiro atoms. The number of sulfone groups is 1. The zero-order valence-corrected chi connectivity index (χ0v) is 18.1. The number of aromatic nitrogens is 2. The number of thioether (sulfide) groups is 1. The van der Waals surface area contributed by atoms with Crippen LogP contribution in [0.5, 0.6) is 0 Å². The lowest BCUT2D eigenvalue weighted by atomic mass is 10.2. The third-order valence-corrected chi connectivity index (χ3v) is 8.37. The van der Waals surface area contributed by atoms with E-state index in [1.165, 1.54) is 11.8 Å². The van der Waals surface area contributed by atoms with E-state index in [-0.39, 0.29) is 35.2 Å². The molecule has 156 valence electrons. The highest BCUT2D eigenvalue weighted by Gasteiger charge is 2.42. The molecule has 1 aliphatic carbocycles. The van der Waals surface area contributed by atoms with Crippen molar-refractivity contribution in [2.45, 2.75) is 36.5 Å². The van der Waals surface area contributed by atoms with Crippen molar-refractivity contribution in [3.63, 3.8) is 0 Å². The Morgan fingerprint density at radius 3 is 2.47 bits per heavy atom. The SMILES string of the molecule is O=C(CSc1nc2ccccc2n1-c1ccccc1)N(C1CC1)[C@H]1CCS(=O)(=O)C1. The molecule has 0 unspecified atom stereocenters. The molecule has 6 nitrogen and oxygen atoms in total. The van der Waals surface area contributed by atoms with Gasteiger partial charge in [-0.1, -0.05) is 42.1 Å². The van der Waals surface area contributed by atoms with Gasteiger partial charge in [-0.05, 0) is 43.5 Å². The second-order valence-corrected chi connectivity index (χ2v) is 11.1. The van der Waals surface area contributed by atoms with E-state index < -0.39 is 9.84 Å². The van der Waals surface area contributed by atoms with Crippen LogP contribution in [0.4, 0.5) is 0 Å². The van der Waals surface area contributed by atoms with Crippen molar-refractivity contribution < 1.29 is 13.2 Å². The Morgan fingerprint density at radius 2 is 1.77 bits per heavy atom. The van der Waals surface area contributed by atoms with Crippen LogP contribution in [-0.2, 0) is 14.6 Å². The molecule has 1 aliphatic heterocycles. The number of rotatable bonds is 6. The molecule has 1 saturated carbocycles. The normalized spacial score (nSPS) is 20.5. The minimum absolute atomic E-state index is 0.0104. The van der Waals surface area contributed by atoms with Crippen LogP contribution in [-0.4, -0.2) is 58.1 Å². The molecular weight excluding hydrogens is 418 g/mol. The van der Waals surface area contributed by atoms with Gasteiger partial charge in [0.15, 0.2) is 15.0 Å². The van der Waals surface area contributed by atoms with Gasteiger partial charge in [0.25, 0.3) is 0 Å². The van der Waals surface area contributed by atoms with Gasteiger partial charge in [0.2, 0.25) is 5.91 Å². The van der Waals surface area contributed by atoms with E-state index in [4.69, 9.17) is 4.98 Å². The van der Waals surface area contributed by atoms with Crippen molar-refractivity contribution in [2.24, 2.45) is 0 Å². The van der Waals surface area contributed by atoms with Crippen LogP contribution in [0.15, 0.2) is 59.8 Å². The van der Waals surface area contributed by atoms with Gasteiger partial charge in [0.1, 0.15) is 0 Å². The van der Waals surface area contributed by atoms with E-state index in [1.54, 1.807) is 0 Å². The van der Waals surface area contributed by atoms with Crippen LogP contribution in [0.3, 0.4) is 0 Å². The van der Waals surface area contributed by atoms with Gasteiger partial charge in [-0.2, -0.15) is 0 Å². The predicted octanol–water partition coefficient (Wildman–Crippen LogP) is 3.30. The minimum atomic E-state index is -3.02. The van der Waals surface area contributed by atoms with Crippen LogP contribution in [0.2, 0.25) is 0 Å². The second-order valence-electron chi connectivity index (χ2n) is 7.93. The summed E-state index contributed by atoms with van der Waals surface area (Å²) in [4.78, 5) is 19.7. The molecule has 1 atom stereocenters. The second kappa shape index (κ2) is 7.74. The highest BCUT2D eigenvalue weighted by atomic mass is 32.2. The summed E-state index contributed by atoms with van der Waals surface area (Å²) in [5.74, 6) is 0.549. The number of carbonyl (C=O) groups excluding carboxylic acids is 1. The molecule has 1 aromatic heterocycles. The van der Waals surface area contributed by atoms with Crippen molar-refractivity contribution in [3.05, 3.63) is 54.6 Å². The van der Waals surface area contributed by atoms with Crippen LogP contribution in [0.1, 0.15) is 19.3 Å². The number of hydrogen-bond acceptors (Lipinski definition) is 5. The van der Waals surface area contributed by atoms with Gasteiger partial charge in [0.05, 0.1) is 28.3 Å². The average Bonchev–Trinajstić information content (AvgIpc) is 3.40. The van der Waals surface area contributed by atoms with Crippen molar-refractivity contribution in [1.82, 2.24) is 14.5 Å². The molecule has 3 aromatic rings. The molecule has 2 aliphatic rings. The van der Waals surface area contributed by atoms with E-state index in [0.29, 0.717) is 6.42 Å². The number of amides is 1. The fourth-order valence-corrected chi connectivity index (χ4v) is 6.79. The molecule has 8 heteroatoms. The summed E-state index contributed by atoms with van der Waals surface area (Å²) in [6.45, 7) is 0. The maximum Gasteiger partial charge on any atom is 0.233 e. The van der Waals surface area contributed by atoms with E-state index in [0.717, 1.165) is 34.7 Å². The molecule has 2 heterocycles. The van der Waals surface area contributed by atoms with Gasteiger partial charge in [-0.15, -0.1) is 0 Å². The highest BCUT2D eigenvalue weighted by Crippen LogP contribution is 2.34. The van der Waals surface area contributed by atoms with Crippen LogP contribution >= 0.6 is 11.8 Å². The first-order chi connectivity index (χ1) is 14.5. The molecule has 5 rings (SSSR count). The topological polar surface area (TPSA) is 72.3 Å². The third-order valence-electron chi connectivity index (χ3n) is 5.70. The molecule has 1 saturated heterocycles. The van der Waals surface area contributed by atoms with Crippen molar-refractivity contribution in [1.29, 1.82) is 0 Å². The van der Waals surface area contributed by atoms with Crippen LogP contribution in [0, 0.1) is 0 Å². The Kier molecular flexibility index (Phi) is 5.06. The summed E-state index contributed by atoms with van der Waals surface area (Å²) < 4.78 is 25.9. The largest absolute Gasteiger partial charge is 0.335 e. The lowest BCUT2D eigenvalue weighted by molar-refractivity contribution is -0.130. The number of carbonyl (C=O) groups is 1. The van der Waals surface area contributed by atoms with E-state index >= 15 is 0 Å². The lowest BCUT2D eigenvalue weighted by Gasteiger charge is -2.28. The summed E-state index contributed by atoms with van der Waals surface area (Å²) in [5, 5.41) is 0.769. The Hall–Kier alpha value is -2.32. The fourth-order valence-electron chi connectivity index (χ4n) is 4.18. The van der Waals surface area contributed by atoms with E-state index in [2.05, 4.69) is 4.57 Å². The number of para-hydroxylation sites is 3. The van der Waals surface area contributed by atoms with Gasteiger partial charge >= 0.3 is 0 Å². The number of imidazole rings is 1. The van der Waals surface area contributed by atoms with Crippen LogP contribution < -0.4 is 0 Å². The van der Waals surface area contributed by atoms with Gasteiger partial charge < -0.3 is 4.90 Å². The van der Waals surface area contributed by atoms with Crippen molar-refractivity contribution in [2.75, 3.05) is 17.3 Å². The van der Waals surface area contributed by atoms with Crippen LogP contribution in [0.25, 0.3) is 16.7 Å². The maximum absolute atomic E-state index is 13.1. The molecule has 0 radical (unpaired) electrons. The smallest absolute Gasteiger partial charge is 0.233 e. The summed E-state index contributed by atoms with van der Waals surface area (Å²) in [7, 11) is -3.02. The summed E-state index contributed by atoms with van der Waals surface area (Å²) in [5.41, 5.74) is 2.89. The Balaban J connectivity index is 1.40. The molecular formula is C22H23N3O3S2. The van der Waals surface area contributed by atoms with Crippen molar-refractivity contribution in [3.8, 4) is 5.69 Å². The molecule has 0 N–H and O–H groups in total. The van der Waals surface area contributed by atoms with Gasteiger partial charge in [-0.25, -0.2) is 13.4 Å². The Bertz CT molecular complexity index is 1190. The average molecular weight is 442 g/mol. The third kappa shape index (κ3) is 3.86. The molecule has 30 heavy (non-hydrogen) atoms. The molecule has 0 bridgehead atoms. The number of hydrogen-bond donors (Lipinski definition) is 0. The lowest BCUT2D eigenvalue weighted by Crippen LogP contribution is -2.43. The Morgan fingerprint density at radius 1 is 1.03 bits per heavy atom. The predicted molar refractivity (Wildman–Crippen MR) is 119 cm³/mol. The minimum Gasteiger partial charge on any atom is -0.335 e. The summed E-state index contributed by atoms with van der Waals surface area (Å²) >= 11 is 1.42. The first-order valence-electron chi connectivity index (χ1n) is 10.2. The van der Waals surface area contributed by atoms with Crippen molar-refractivity contribution >= 4 is 38.5 Å². The number of nitrogens with zero attached hydrogens (tertiary/aromatic N) is 3. The highest BCUT2D eigenvalue weighted by molar-refractivity contribution is 7.99. The Labute approximate surface area is 180 Å². The summed E-state index contributed by atoms with van der Waals surface area (Å²) in [6.07, 6.45) is 2.49. The standard InChI is InChI=1S/C22H23N3O3S2/c26-21(24(17-10-11-17)18-12-13-30(27,28)15-18)14-29-22-23-19-8-4-5-9-20(19)25(22)16-6-2-1-3-7-16/h1-9,17-18H,10-15H2/t18-/m0/s1. The molecule has 1 amide bonds. The van der Waals surface area contributed by atoms with Gasteiger partial charge in [0, 0.05) is 17.8 Å².